The number of sulfone groups is 1. The van der Waals surface area contributed by atoms with Gasteiger partial charge in [-0.15, -0.1) is 0 Å². The zero-order valence-electron chi connectivity index (χ0n) is 15.6. The number of hydrogen-bond donors (Lipinski definition) is 1. The molecule has 1 fully saturated rings. The second-order valence-corrected chi connectivity index (χ2v) is 8.40. The van der Waals surface area contributed by atoms with Gasteiger partial charge in [0.2, 0.25) is 0 Å². The number of piperidine rings is 1. The number of hydrogen-bond acceptors (Lipinski definition) is 3. The van der Waals surface area contributed by atoms with E-state index in [0.29, 0.717) is 13.0 Å². The summed E-state index contributed by atoms with van der Waals surface area (Å²) in [6, 6.07) is 11.2. The third-order valence-corrected chi connectivity index (χ3v) is 4.77. The summed E-state index contributed by atoms with van der Waals surface area (Å²) in [4.78, 5) is 13.4. The molecule has 3 atom stereocenters. The molecule has 5 nitrogen and oxygen atoms in total. The van der Waals surface area contributed by atoms with Crippen LogP contribution in [-0.2, 0) is 9.84 Å². The van der Waals surface area contributed by atoms with Crippen LogP contribution < -0.4 is 5.32 Å². The topological polar surface area (TPSA) is 66.5 Å². The largest absolute Gasteiger partial charge is 0.332 e. The highest BCUT2D eigenvalue weighted by molar-refractivity contribution is 7.93. The molecule has 148 valence electrons. The maximum atomic E-state index is 13.8. The summed E-state index contributed by atoms with van der Waals surface area (Å²) in [7, 11) is -3.20. The minimum Gasteiger partial charge on any atom is -0.332 e. The van der Waals surface area contributed by atoms with Crippen LogP contribution in [0.3, 0.4) is 0 Å². The zero-order chi connectivity index (χ0) is 19.6. The van der Waals surface area contributed by atoms with Crippen LogP contribution in [0.2, 0.25) is 0 Å². The molecule has 7 heteroatoms. The standard InChI is InChI=1S/C13H23FN2O3S.C6H6.H2/c1-4-11-5-7-16(9-12(11)14)13(17)15-10(2)6-8-20(3,18)19;1-2-4-6-5-3-1;/h6,8,10-12H,4-5,7,9H2,1-3H3,(H,15,17);1-6H;1H/b8-6+;;/t10-,11+,12+;;/m0../s1. The van der Waals surface area contributed by atoms with Crippen molar-refractivity contribution in [2.24, 2.45) is 5.92 Å². The molecule has 0 saturated carbocycles. The number of carbonyl (C=O) groups is 1. The van der Waals surface area contributed by atoms with Gasteiger partial charge in [0.05, 0.1) is 6.54 Å². The summed E-state index contributed by atoms with van der Waals surface area (Å²) >= 11 is 0. The van der Waals surface area contributed by atoms with Crippen LogP contribution in [0.4, 0.5) is 9.18 Å². The van der Waals surface area contributed by atoms with E-state index >= 15 is 0 Å². The fourth-order valence-corrected chi connectivity index (χ4v) is 3.10. The van der Waals surface area contributed by atoms with Crippen molar-refractivity contribution >= 4 is 15.9 Å². The molecule has 0 unspecified atom stereocenters. The molecule has 2 amide bonds. The number of alkyl halides is 1. The highest BCUT2D eigenvalue weighted by Crippen LogP contribution is 2.23. The maximum absolute atomic E-state index is 13.8. The van der Waals surface area contributed by atoms with Crippen LogP contribution in [0.15, 0.2) is 47.9 Å². The maximum Gasteiger partial charge on any atom is 0.317 e. The van der Waals surface area contributed by atoms with Crippen molar-refractivity contribution in [1.29, 1.82) is 0 Å². The molecular formula is C19H31FN2O3S. The van der Waals surface area contributed by atoms with Gasteiger partial charge in [-0.05, 0) is 19.3 Å². The Bertz CT molecular complexity index is 644. The molecule has 0 aliphatic carbocycles. The number of nitrogens with zero attached hydrogens (tertiary/aromatic N) is 1. The zero-order valence-corrected chi connectivity index (χ0v) is 16.5. The molecule has 1 aromatic rings. The Morgan fingerprint density at radius 3 is 2.27 bits per heavy atom. The van der Waals surface area contributed by atoms with Crippen LogP contribution in [0.1, 0.15) is 28.1 Å². The van der Waals surface area contributed by atoms with Gasteiger partial charge in [0.25, 0.3) is 0 Å². The van der Waals surface area contributed by atoms with E-state index in [2.05, 4.69) is 5.32 Å². The third-order valence-electron chi connectivity index (χ3n) is 4.12. The van der Waals surface area contributed by atoms with Crippen molar-refractivity contribution in [1.82, 2.24) is 10.2 Å². The average molecular weight is 387 g/mol. The molecule has 26 heavy (non-hydrogen) atoms. The van der Waals surface area contributed by atoms with Gasteiger partial charge in [-0.1, -0.05) is 55.8 Å². The molecule has 1 aromatic carbocycles. The van der Waals surface area contributed by atoms with Crippen molar-refractivity contribution in [2.45, 2.75) is 38.9 Å². The minimum atomic E-state index is -3.20. The Morgan fingerprint density at radius 2 is 1.85 bits per heavy atom. The monoisotopic (exact) mass is 386 g/mol. The molecular weight excluding hydrogens is 355 g/mol. The van der Waals surface area contributed by atoms with Crippen molar-refractivity contribution in [2.75, 3.05) is 19.3 Å². The highest BCUT2D eigenvalue weighted by Gasteiger charge is 2.30. The molecule has 1 aliphatic rings. The third kappa shape index (κ3) is 8.99. The van der Waals surface area contributed by atoms with Gasteiger partial charge in [-0.2, -0.15) is 0 Å². The second-order valence-electron chi connectivity index (χ2n) is 6.47. The number of urea groups is 1. The van der Waals surface area contributed by atoms with E-state index in [1.165, 1.54) is 11.0 Å². The smallest absolute Gasteiger partial charge is 0.317 e. The van der Waals surface area contributed by atoms with Gasteiger partial charge < -0.3 is 10.2 Å². The van der Waals surface area contributed by atoms with Crippen LogP contribution in [0.5, 0.6) is 0 Å². The number of amides is 2. The molecule has 1 heterocycles. The number of likely N-dealkylation sites (tertiary alicyclic amines) is 1. The molecule has 1 aliphatic heterocycles. The number of rotatable bonds is 4. The first-order valence-electron chi connectivity index (χ1n) is 8.80. The molecule has 1 N–H and O–H groups in total. The first-order valence-corrected chi connectivity index (χ1v) is 10.8. The van der Waals surface area contributed by atoms with E-state index in [4.69, 9.17) is 0 Å². The van der Waals surface area contributed by atoms with Gasteiger partial charge in [0.15, 0.2) is 9.84 Å². The van der Waals surface area contributed by atoms with Crippen LogP contribution in [0.25, 0.3) is 0 Å². The fraction of sp³-hybridized carbons (Fsp3) is 0.526. The first-order chi connectivity index (χ1) is 12.2. The lowest BCUT2D eigenvalue weighted by molar-refractivity contribution is 0.0971. The lowest BCUT2D eigenvalue weighted by Crippen LogP contribution is -2.50. The van der Waals surface area contributed by atoms with E-state index in [0.717, 1.165) is 18.1 Å². The average Bonchev–Trinajstić information content (AvgIpc) is 2.61. The van der Waals surface area contributed by atoms with Crippen LogP contribution >= 0.6 is 0 Å². The Hall–Kier alpha value is -1.89. The summed E-state index contributed by atoms with van der Waals surface area (Å²) in [6.45, 7) is 4.26. The number of halogens is 1. The normalized spacial score (nSPS) is 21.6. The predicted octanol–water partition coefficient (Wildman–Crippen LogP) is 3.65. The van der Waals surface area contributed by atoms with Crippen molar-refractivity contribution < 1.29 is 19.0 Å². The SMILES string of the molecule is CC[C@@H]1CCN(C(=O)N[C@@H](C)/C=C/S(C)(=O)=O)C[C@H]1F.[HH].c1ccccc1. The Balaban J connectivity index is 0.000000817. The molecule has 1 saturated heterocycles. The van der Waals surface area contributed by atoms with E-state index in [1.807, 2.05) is 43.3 Å². The molecule has 0 bridgehead atoms. The molecule has 0 radical (unpaired) electrons. The molecule has 0 spiro atoms. The Kier molecular flexibility index (Phi) is 9.34. The van der Waals surface area contributed by atoms with Gasteiger partial charge in [-0.25, -0.2) is 17.6 Å². The van der Waals surface area contributed by atoms with Gasteiger partial charge in [0.1, 0.15) is 6.17 Å². The summed E-state index contributed by atoms with van der Waals surface area (Å²) in [5.41, 5.74) is 0. The van der Waals surface area contributed by atoms with Crippen LogP contribution in [-0.4, -0.2) is 50.9 Å². The van der Waals surface area contributed by atoms with Crippen LogP contribution in [0, 0.1) is 5.92 Å². The van der Waals surface area contributed by atoms with E-state index in [1.54, 1.807) is 6.92 Å². The predicted molar refractivity (Wildman–Crippen MR) is 105 cm³/mol. The first kappa shape index (κ1) is 22.2. The molecule has 0 aromatic heterocycles. The summed E-state index contributed by atoms with van der Waals surface area (Å²) < 4.78 is 35.7. The number of benzene rings is 1. The summed E-state index contributed by atoms with van der Waals surface area (Å²) in [5.74, 6) is 0.0293. The summed E-state index contributed by atoms with van der Waals surface area (Å²) in [6.07, 6.45) is 2.95. The van der Waals surface area contributed by atoms with E-state index in [9.17, 15) is 17.6 Å². The van der Waals surface area contributed by atoms with Crippen molar-refractivity contribution in [3.63, 3.8) is 0 Å². The van der Waals surface area contributed by atoms with Gasteiger partial charge >= 0.3 is 6.03 Å². The lowest BCUT2D eigenvalue weighted by atomic mass is 9.93. The van der Waals surface area contributed by atoms with Gasteiger partial charge in [0, 0.05) is 25.7 Å². The fourth-order valence-electron chi connectivity index (χ4n) is 2.58. The number of nitrogens with one attached hydrogen (secondary N) is 1. The Morgan fingerprint density at radius 1 is 1.31 bits per heavy atom. The number of carbonyl (C=O) groups excluding carboxylic acids is 1. The van der Waals surface area contributed by atoms with Crippen molar-refractivity contribution in [3.8, 4) is 0 Å². The minimum absolute atomic E-state index is 0. The van der Waals surface area contributed by atoms with Gasteiger partial charge in [-0.3, -0.25) is 0 Å². The second kappa shape index (κ2) is 11.0. The summed E-state index contributed by atoms with van der Waals surface area (Å²) in [5, 5.41) is 3.70. The molecule has 2 rings (SSSR count). The van der Waals surface area contributed by atoms with E-state index in [-0.39, 0.29) is 19.9 Å². The Labute approximate surface area is 157 Å². The van der Waals surface area contributed by atoms with E-state index < -0.39 is 22.1 Å². The highest BCUT2D eigenvalue weighted by atomic mass is 32.2. The lowest BCUT2D eigenvalue weighted by Gasteiger charge is -2.34. The quantitative estimate of drug-likeness (QED) is 0.859. The van der Waals surface area contributed by atoms with Crippen molar-refractivity contribution in [3.05, 3.63) is 47.9 Å².